The van der Waals surface area contributed by atoms with Crippen LogP contribution in [-0.4, -0.2) is 22.9 Å². The fourth-order valence-electron chi connectivity index (χ4n) is 1.98. The van der Waals surface area contributed by atoms with E-state index >= 15 is 0 Å². The Morgan fingerprint density at radius 1 is 0.667 bits per heavy atom. The summed E-state index contributed by atoms with van der Waals surface area (Å²) in [5.41, 5.74) is -1.15. The number of carbonyl (C=O) groups excluding carboxylic acids is 2. The molecule has 2 rings (SSSR count). The number of nitrogens with zero attached hydrogens (tertiary/aromatic N) is 2. The number of amides is 2. The molecule has 2 aromatic rings. The van der Waals surface area contributed by atoms with Crippen molar-refractivity contribution in [2.45, 2.75) is 38.8 Å². The molecule has 0 fully saturated rings. The topological polar surface area (TPSA) is 82.9 Å². The third-order valence-corrected chi connectivity index (χ3v) is 4.37. The van der Waals surface area contributed by atoms with Gasteiger partial charge in [-0.2, -0.15) is 10.2 Å². The second-order valence-corrected chi connectivity index (χ2v) is 8.11. The van der Waals surface area contributed by atoms with Crippen LogP contribution in [0.25, 0.3) is 0 Å². The van der Waals surface area contributed by atoms with Crippen LogP contribution >= 0.6 is 48.0 Å². The van der Waals surface area contributed by atoms with E-state index in [1.54, 1.807) is 76.2 Å². The molecule has 6 nitrogen and oxygen atoms in total. The van der Waals surface area contributed by atoms with Crippen molar-refractivity contribution in [3.63, 3.8) is 0 Å². The van der Waals surface area contributed by atoms with E-state index in [1.165, 1.54) is 0 Å². The first-order valence-electron chi connectivity index (χ1n) is 8.58. The SMILES string of the molecule is CC(C)(N=NC(C)(C)C(=O)Nc1ccc(Cl)cc1)C(=O)Nc1ccc(Cl)cc1.Cl.Cl. The van der Waals surface area contributed by atoms with Crippen molar-refractivity contribution >= 4 is 71.2 Å². The smallest absolute Gasteiger partial charge is 0.253 e. The van der Waals surface area contributed by atoms with Crippen molar-refractivity contribution in [2.24, 2.45) is 10.2 Å². The number of anilines is 2. The zero-order valence-corrected chi connectivity index (χ0v) is 20.0. The third kappa shape index (κ3) is 8.11. The zero-order chi connectivity index (χ0) is 20.9. The van der Waals surface area contributed by atoms with Gasteiger partial charge in [-0.05, 0) is 76.2 Å². The van der Waals surface area contributed by atoms with Crippen molar-refractivity contribution in [2.75, 3.05) is 10.6 Å². The number of halogens is 4. The highest BCUT2D eigenvalue weighted by atomic mass is 35.5. The lowest BCUT2D eigenvalue weighted by molar-refractivity contribution is -0.122. The van der Waals surface area contributed by atoms with Crippen molar-refractivity contribution in [3.8, 4) is 0 Å². The van der Waals surface area contributed by atoms with Gasteiger partial charge in [0, 0.05) is 21.4 Å². The van der Waals surface area contributed by atoms with Crippen LogP contribution in [0.1, 0.15) is 27.7 Å². The molecule has 2 N–H and O–H groups in total. The van der Waals surface area contributed by atoms with Gasteiger partial charge in [-0.1, -0.05) is 23.2 Å². The third-order valence-electron chi connectivity index (χ3n) is 3.87. The molecular formula is C20H24Cl4N4O2. The minimum atomic E-state index is -1.17. The minimum Gasteiger partial charge on any atom is -0.324 e. The van der Waals surface area contributed by atoms with E-state index < -0.39 is 11.1 Å². The number of rotatable bonds is 6. The maximum atomic E-state index is 12.5. The summed E-state index contributed by atoms with van der Waals surface area (Å²) in [5.74, 6) is -0.708. The van der Waals surface area contributed by atoms with Crippen LogP contribution < -0.4 is 10.6 Å². The zero-order valence-electron chi connectivity index (χ0n) is 16.9. The van der Waals surface area contributed by atoms with Crippen LogP contribution in [0.4, 0.5) is 11.4 Å². The van der Waals surface area contributed by atoms with Crippen molar-refractivity contribution in [1.29, 1.82) is 0 Å². The predicted octanol–water partition coefficient (Wildman–Crippen LogP) is 6.42. The first-order chi connectivity index (χ1) is 13.0. The summed E-state index contributed by atoms with van der Waals surface area (Å²) < 4.78 is 0. The van der Waals surface area contributed by atoms with Gasteiger partial charge in [0.25, 0.3) is 11.8 Å². The van der Waals surface area contributed by atoms with Gasteiger partial charge in [0.15, 0.2) is 11.1 Å². The Morgan fingerprint density at radius 3 is 1.20 bits per heavy atom. The molecule has 164 valence electrons. The van der Waals surface area contributed by atoms with Gasteiger partial charge in [0.1, 0.15) is 0 Å². The molecule has 2 amide bonds. The molecule has 0 spiro atoms. The highest BCUT2D eigenvalue weighted by Crippen LogP contribution is 2.21. The molecule has 0 radical (unpaired) electrons. The van der Waals surface area contributed by atoms with E-state index in [0.717, 1.165) is 0 Å². The van der Waals surface area contributed by atoms with Gasteiger partial charge in [-0.25, -0.2) is 0 Å². The molecule has 0 unspecified atom stereocenters. The van der Waals surface area contributed by atoms with Crippen LogP contribution in [0.2, 0.25) is 10.0 Å². The first-order valence-corrected chi connectivity index (χ1v) is 9.33. The summed E-state index contributed by atoms with van der Waals surface area (Å²) in [6, 6.07) is 13.5. The largest absolute Gasteiger partial charge is 0.324 e. The normalized spacial score (nSPS) is 11.3. The summed E-state index contributed by atoms with van der Waals surface area (Å²) in [6.07, 6.45) is 0. The summed E-state index contributed by atoms with van der Waals surface area (Å²) in [4.78, 5) is 25.0. The number of hydrogen-bond acceptors (Lipinski definition) is 4. The molecule has 0 atom stereocenters. The maximum Gasteiger partial charge on any atom is 0.253 e. The highest BCUT2D eigenvalue weighted by molar-refractivity contribution is 6.31. The van der Waals surface area contributed by atoms with Gasteiger partial charge in [-0.15, -0.1) is 24.8 Å². The lowest BCUT2D eigenvalue weighted by Gasteiger charge is -2.22. The molecule has 10 heteroatoms. The van der Waals surface area contributed by atoms with Crippen LogP contribution in [0, 0.1) is 0 Å². The Kier molecular flexibility index (Phi) is 10.8. The molecule has 2 aromatic carbocycles. The fourth-order valence-corrected chi connectivity index (χ4v) is 2.23. The van der Waals surface area contributed by atoms with Crippen molar-refractivity contribution in [1.82, 2.24) is 0 Å². The molecule has 0 aliphatic heterocycles. The monoisotopic (exact) mass is 492 g/mol. The summed E-state index contributed by atoms with van der Waals surface area (Å²) in [6.45, 7) is 6.48. The standard InChI is InChI=1S/C20H22Cl2N4O2.2ClH/c1-19(2,17(27)23-15-9-5-13(21)6-10-15)25-26-20(3,4)18(28)24-16-11-7-14(22)8-12-16;;/h5-12H,1-4H3,(H,23,27)(H,24,28);2*1H. The summed E-state index contributed by atoms with van der Waals surface area (Å²) >= 11 is 11.7. The van der Waals surface area contributed by atoms with Crippen molar-refractivity contribution in [3.05, 3.63) is 58.6 Å². The fraction of sp³-hybridized carbons (Fsp3) is 0.300. The van der Waals surface area contributed by atoms with Gasteiger partial charge in [0.05, 0.1) is 0 Å². The highest BCUT2D eigenvalue weighted by Gasteiger charge is 2.32. The predicted molar refractivity (Wildman–Crippen MR) is 128 cm³/mol. The van der Waals surface area contributed by atoms with Crippen molar-refractivity contribution < 1.29 is 9.59 Å². The number of azo groups is 1. The van der Waals surface area contributed by atoms with E-state index in [-0.39, 0.29) is 36.6 Å². The molecule has 0 saturated heterocycles. The lowest BCUT2D eigenvalue weighted by Crippen LogP contribution is -2.38. The van der Waals surface area contributed by atoms with E-state index in [9.17, 15) is 9.59 Å². The second-order valence-electron chi connectivity index (χ2n) is 7.24. The number of hydrogen-bond donors (Lipinski definition) is 2. The average Bonchev–Trinajstić information content (AvgIpc) is 2.64. The minimum absolute atomic E-state index is 0. The van der Waals surface area contributed by atoms with E-state index in [4.69, 9.17) is 23.2 Å². The van der Waals surface area contributed by atoms with Crippen LogP contribution in [0.15, 0.2) is 58.8 Å². The molecular weight excluding hydrogens is 470 g/mol. The van der Waals surface area contributed by atoms with Gasteiger partial charge in [-0.3, -0.25) is 9.59 Å². The molecule has 0 aliphatic rings. The van der Waals surface area contributed by atoms with E-state index in [0.29, 0.717) is 21.4 Å². The lowest BCUT2D eigenvalue weighted by atomic mass is 10.0. The van der Waals surface area contributed by atoms with Crippen LogP contribution in [0.5, 0.6) is 0 Å². The van der Waals surface area contributed by atoms with Crippen LogP contribution in [0.3, 0.4) is 0 Å². The molecule has 0 aliphatic carbocycles. The number of carbonyl (C=O) groups is 2. The summed E-state index contributed by atoms with van der Waals surface area (Å²) in [7, 11) is 0. The first kappa shape index (κ1) is 28.1. The quantitative estimate of drug-likeness (QED) is 0.454. The molecule has 0 heterocycles. The number of benzene rings is 2. The average molecular weight is 494 g/mol. The molecule has 30 heavy (non-hydrogen) atoms. The van der Waals surface area contributed by atoms with Gasteiger partial charge < -0.3 is 10.6 Å². The van der Waals surface area contributed by atoms with E-state index in [2.05, 4.69) is 20.9 Å². The Labute approximate surface area is 198 Å². The second kappa shape index (κ2) is 11.5. The van der Waals surface area contributed by atoms with Crippen LogP contribution in [-0.2, 0) is 9.59 Å². The Hall–Kier alpha value is -1.86. The Balaban J connectivity index is 0.00000420. The van der Waals surface area contributed by atoms with Gasteiger partial charge >= 0.3 is 0 Å². The Morgan fingerprint density at radius 2 is 0.933 bits per heavy atom. The number of nitrogens with one attached hydrogen (secondary N) is 2. The Bertz CT molecular complexity index is 809. The van der Waals surface area contributed by atoms with E-state index in [1.807, 2.05) is 0 Å². The summed E-state index contributed by atoms with van der Waals surface area (Å²) in [5, 5.41) is 14.9. The molecule has 0 saturated carbocycles. The maximum absolute atomic E-state index is 12.5. The molecule has 0 aromatic heterocycles. The van der Waals surface area contributed by atoms with Gasteiger partial charge in [0.2, 0.25) is 0 Å². The molecule has 0 bridgehead atoms.